The van der Waals surface area contributed by atoms with E-state index >= 15 is 0 Å². The van der Waals surface area contributed by atoms with E-state index in [1.807, 2.05) is 6.07 Å². The standard InChI is InChI=1S/C25H40O2/c1-4-5-6-7-8-9-10-11-13-16-21-19-23(26)20-24(21)27-25(2,3)22-17-14-12-15-18-22/h12,14-15,17-18,21,24H,4-11,13,16,19-20H2,1-3H3/t21-,24-/m0/s1. The SMILES string of the molecule is CCCCCCCCCCC[C@H]1CC(=O)C[C@@H]1OC(C)(C)c1ccccc1. The van der Waals surface area contributed by atoms with Crippen molar-refractivity contribution in [2.24, 2.45) is 5.92 Å². The lowest BCUT2D eigenvalue weighted by atomic mass is 9.94. The first-order valence-electron chi connectivity index (χ1n) is 11.3. The van der Waals surface area contributed by atoms with Crippen LogP contribution in [0.15, 0.2) is 30.3 Å². The van der Waals surface area contributed by atoms with Crippen LogP contribution >= 0.6 is 0 Å². The van der Waals surface area contributed by atoms with Gasteiger partial charge in [0.25, 0.3) is 0 Å². The van der Waals surface area contributed by atoms with Gasteiger partial charge >= 0.3 is 0 Å². The number of benzene rings is 1. The summed E-state index contributed by atoms with van der Waals surface area (Å²) in [6, 6.07) is 10.4. The highest BCUT2D eigenvalue weighted by Crippen LogP contribution is 2.36. The van der Waals surface area contributed by atoms with E-state index in [2.05, 4.69) is 45.0 Å². The van der Waals surface area contributed by atoms with Gasteiger partial charge in [-0.3, -0.25) is 4.79 Å². The molecule has 152 valence electrons. The molecule has 0 N–H and O–H groups in total. The predicted octanol–water partition coefficient (Wildman–Crippen LogP) is 7.21. The lowest BCUT2D eigenvalue weighted by molar-refractivity contribution is -0.120. The van der Waals surface area contributed by atoms with Gasteiger partial charge in [-0.25, -0.2) is 0 Å². The van der Waals surface area contributed by atoms with Crippen LogP contribution < -0.4 is 0 Å². The van der Waals surface area contributed by atoms with Gasteiger partial charge in [0, 0.05) is 12.8 Å². The van der Waals surface area contributed by atoms with E-state index in [1.165, 1.54) is 63.4 Å². The monoisotopic (exact) mass is 372 g/mol. The molecule has 1 aromatic rings. The minimum absolute atomic E-state index is 0.0850. The number of ketones is 1. The summed E-state index contributed by atoms with van der Waals surface area (Å²) in [5.41, 5.74) is 0.846. The predicted molar refractivity (Wildman–Crippen MR) is 114 cm³/mol. The normalized spacial score (nSPS) is 20.3. The Kier molecular flexibility index (Phi) is 9.54. The molecule has 2 nitrogen and oxygen atoms in total. The van der Waals surface area contributed by atoms with Gasteiger partial charge in [-0.05, 0) is 31.7 Å². The fourth-order valence-corrected chi connectivity index (χ4v) is 4.33. The molecule has 2 atom stereocenters. The Hall–Kier alpha value is -1.15. The van der Waals surface area contributed by atoms with Crippen LogP contribution in [-0.2, 0) is 15.1 Å². The third-order valence-electron chi connectivity index (χ3n) is 6.04. The van der Waals surface area contributed by atoms with Crippen molar-refractivity contribution >= 4 is 5.78 Å². The molecule has 2 rings (SSSR count). The van der Waals surface area contributed by atoms with Crippen molar-refractivity contribution in [1.29, 1.82) is 0 Å². The summed E-state index contributed by atoms with van der Waals surface area (Å²) in [5, 5.41) is 0. The Bertz CT molecular complexity index is 535. The van der Waals surface area contributed by atoms with E-state index in [-0.39, 0.29) is 11.7 Å². The van der Waals surface area contributed by atoms with Crippen LogP contribution in [0.3, 0.4) is 0 Å². The number of hydrogen-bond donors (Lipinski definition) is 0. The number of carbonyl (C=O) groups excluding carboxylic acids is 1. The second-order valence-electron chi connectivity index (χ2n) is 8.86. The number of rotatable bonds is 13. The molecule has 2 heteroatoms. The Morgan fingerprint density at radius 3 is 2.11 bits per heavy atom. The molecule has 0 heterocycles. The zero-order valence-electron chi connectivity index (χ0n) is 17.8. The number of hydrogen-bond acceptors (Lipinski definition) is 2. The molecule has 1 aromatic carbocycles. The number of carbonyl (C=O) groups is 1. The molecular formula is C25H40O2. The molecule has 1 fully saturated rings. The first-order chi connectivity index (χ1) is 13.0. The van der Waals surface area contributed by atoms with Gasteiger partial charge in [0.2, 0.25) is 0 Å². The summed E-state index contributed by atoms with van der Waals surface area (Å²) in [4.78, 5) is 12.1. The van der Waals surface area contributed by atoms with Crippen LogP contribution in [0.5, 0.6) is 0 Å². The second-order valence-corrected chi connectivity index (χ2v) is 8.86. The number of unbranched alkanes of at least 4 members (excludes halogenated alkanes) is 8. The van der Waals surface area contributed by atoms with E-state index in [9.17, 15) is 4.79 Å². The first-order valence-corrected chi connectivity index (χ1v) is 11.3. The summed E-state index contributed by atoms with van der Waals surface area (Å²) >= 11 is 0. The molecule has 1 aliphatic carbocycles. The van der Waals surface area contributed by atoms with Crippen molar-refractivity contribution in [3.05, 3.63) is 35.9 Å². The van der Waals surface area contributed by atoms with Crippen LogP contribution in [0.1, 0.15) is 103 Å². The fourth-order valence-electron chi connectivity index (χ4n) is 4.33. The van der Waals surface area contributed by atoms with Gasteiger partial charge in [0.15, 0.2) is 0 Å². The average Bonchev–Trinajstić information content (AvgIpc) is 2.99. The Labute approximate surface area is 167 Å². The van der Waals surface area contributed by atoms with Crippen LogP contribution in [0, 0.1) is 5.92 Å². The molecular weight excluding hydrogens is 332 g/mol. The Morgan fingerprint density at radius 1 is 0.889 bits per heavy atom. The molecule has 0 saturated heterocycles. The Morgan fingerprint density at radius 2 is 1.48 bits per heavy atom. The lowest BCUT2D eigenvalue weighted by Gasteiger charge is -2.32. The Balaban J connectivity index is 1.70. The summed E-state index contributed by atoms with van der Waals surface area (Å²) in [6.07, 6.45) is 14.7. The largest absolute Gasteiger partial charge is 0.367 e. The topological polar surface area (TPSA) is 26.3 Å². The van der Waals surface area contributed by atoms with Crippen molar-refractivity contribution in [1.82, 2.24) is 0 Å². The van der Waals surface area contributed by atoms with Crippen molar-refractivity contribution in [2.75, 3.05) is 0 Å². The zero-order valence-corrected chi connectivity index (χ0v) is 17.8. The maximum atomic E-state index is 12.1. The molecule has 1 saturated carbocycles. The van der Waals surface area contributed by atoms with Crippen LogP contribution in [-0.4, -0.2) is 11.9 Å². The van der Waals surface area contributed by atoms with E-state index in [4.69, 9.17) is 4.74 Å². The van der Waals surface area contributed by atoms with E-state index in [0.29, 0.717) is 24.5 Å². The molecule has 0 aromatic heterocycles. The maximum absolute atomic E-state index is 12.1. The molecule has 0 amide bonds. The quantitative estimate of drug-likeness (QED) is 0.342. The fraction of sp³-hybridized carbons (Fsp3) is 0.720. The van der Waals surface area contributed by atoms with E-state index in [1.54, 1.807) is 0 Å². The van der Waals surface area contributed by atoms with Crippen molar-refractivity contribution in [3.63, 3.8) is 0 Å². The smallest absolute Gasteiger partial charge is 0.135 e. The minimum atomic E-state index is -0.340. The van der Waals surface area contributed by atoms with Gasteiger partial charge in [0.05, 0.1) is 11.7 Å². The van der Waals surface area contributed by atoms with Gasteiger partial charge in [-0.1, -0.05) is 95.0 Å². The van der Waals surface area contributed by atoms with E-state index < -0.39 is 0 Å². The zero-order chi connectivity index (χ0) is 19.5. The molecule has 0 spiro atoms. The van der Waals surface area contributed by atoms with Crippen molar-refractivity contribution in [3.8, 4) is 0 Å². The van der Waals surface area contributed by atoms with E-state index in [0.717, 1.165) is 6.42 Å². The van der Waals surface area contributed by atoms with Crippen LogP contribution in [0.2, 0.25) is 0 Å². The molecule has 0 bridgehead atoms. The molecule has 0 radical (unpaired) electrons. The third kappa shape index (κ3) is 7.78. The number of Topliss-reactive ketones (excluding diaryl/α,β-unsaturated/α-hetero) is 1. The molecule has 1 aliphatic rings. The highest BCUT2D eigenvalue weighted by atomic mass is 16.5. The lowest BCUT2D eigenvalue weighted by Crippen LogP contribution is -2.30. The highest BCUT2D eigenvalue weighted by molar-refractivity contribution is 5.81. The van der Waals surface area contributed by atoms with Gasteiger partial charge in [-0.15, -0.1) is 0 Å². The summed E-state index contributed by atoms with van der Waals surface area (Å²) < 4.78 is 6.48. The highest BCUT2D eigenvalue weighted by Gasteiger charge is 2.37. The summed E-state index contributed by atoms with van der Waals surface area (Å²) in [7, 11) is 0. The molecule has 0 unspecified atom stereocenters. The van der Waals surface area contributed by atoms with Crippen LogP contribution in [0.4, 0.5) is 0 Å². The first kappa shape index (κ1) is 22.1. The number of ether oxygens (including phenoxy) is 1. The minimum Gasteiger partial charge on any atom is -0.367 e. The maximum Gasteiger partial charge on any atom is 0.135 e. The van der Waals surface area contributed by atoms with Gasteiger partial charge in [0.1, 0.15) is 5.78 Å². The average molecular weight is 373 g/mol. The second kappa shape index (κ2) is 11.6. The third-order valence-corrected chi connectivity index (χ3v) is 6.04. The summed E-state index contributed by atoms with van der Waals surface area (Å²) in [5.74, 6) is 0.787. The van der Waals surface area contributed by atoms with Crippen molar-refractivity contribution < 1.29 is 9.53 Å². The van der Waals surface area contributed by atoms with Gasteiger partial charge < -0.3 is 4.74 Å². The molecule has 0 aliphatic heterocycles. The van der Waals surface area contributed by atoms with Crippen molar-refractivity contribution in [2.45, 2.75) is 110 Å². The molecule has 27 heavy (non-hydrogen) atoms. The van der Waals surface area contributed by atoms with Gasteiger partial charge in [-0.2, -0.15) is 0 Å². The summed E-state index contributed by atoms with van der Waals surface area (Å²) in [6.45, 7) is 6.52. The van der Waals surface area contributed by atoms with Crippen LogP contribution in [0.25, 0.3) is 0 Å².